The smallest absolute Gasteiger partial charge is 0.258 e. The van der Waals surface area contributed by atoms with Gasteiger partial charge in [0, 0.05) is 22.4 Å². The maximum atomic E-state index is 11.0. The minimum Gasteiger partial charge on any atom is -0.258 e. The second kappa shape index (κ2) is 5.37. The van der Waals surface area contributed by atoms with Crippen LogP contribution in [0.25, 0.3) is 0 Å². The molecule has 2 unspecified atom stereocenters. The Balaban J connectivity index is 1.78. The second-order valence-corrected chi connectivity index (χ2v) is 6.29. The van der Waals surface area contributed by atoms with Crippen molar-refractivity contribution in [3.63, 3.8) is 0 Å². The normalized spacial score (nSPS) is 17.9. The molecule has 20 heavy (non-hydrogen) atoms. The average Bonchev–Trinajstić information content (AvgIpc) is 2.40. The van der Waals surface area contributed by atoms with Crippen molar-refractivity contribution in [2.75, 3.05) is 0 Å². The van der Waals surface area contributed by atoms with Crippen molar-refractivity contribution in [1.29, 1.82) is 0 Å². The van der Waals surface area contributed by atoms with E-state index in [1.165, 1.54) is 11.1 Å². The van der Waals surface area contributed by atoms with Gasteiger partial charge in [0.25, 0.3) is 5.69 Å². The molecule has 0 radical (unpaired) electrons. The lowest BCUT2D eigenvalue weighted by molar-refractivity contribution is -0.385. The zero-order valence-electron chi connectivity index (χ0n) is 10.8. The Morgan fingerprint density at radius 2 is 1.90 bits per heavy atom. The molecule has 0 N–H and O–H groups in total. The van der Waals surface area contributed by atoms with E-state index in [9.17, 15) is 10.1 Å². The van der Waals surface area contributed by atoms with Crippen LogP contribution in [0.4, 0.5) is 5.69 Å². The first-order chi connectivity index (χ1) is 9.66. The van der Waals surface area contributed by atoms with Gasteiger partial charge >= 0.3 is 0 Å². The predicted octanol–water partition coefficient (Wildman–Crippen LogP) is 4.24. The third-order valence-electron chi connectivity index (χ3n) is 3.93. The van der Waals surface area contributed by atoms with Gasteiger partial charge in [-0.25, -0.2) is 0 Å². The number of hydrogen-bond acceptors (Lipinski definition) is 2. The Hall–Kier alpha value is -1.68. The predicted molar refractivity (Wildman–Crippen MR) is 82.4 cm³/mol. The molecule has 0 bridgehead atoms. The number of alkyl halides is 1. The summed E-state index contributed by atoms with van der Waals surface area (Å²) in [6.07, 6.45) is 1.73. The summed E-state index contributed by atoms with van der Waals surface area (Å²) < 4.78 is 0. The van der Waals surface area contributed by atoms with Crippen LogP contribution in [-0.2, 0) is 12.8 Å². The van der Waals surface area contributed by atoms with Gasteiger partial charge in [0.1, 0.15) is 0 Å². The van der Waals surface area contributed by atoms with Crippen LogP contribution in [0.5, 0.6) is 0 Å². The van der Waals surface area contributed by atoms with Gasteiger partial charge in [-0.1, -0.05) is 58.4 Å². The highest BCUT2D eigenvalue weighted by Crippen LogP contribution is 2.41. The van der Waals surface area contributed by atoms with Gasteiger partial charge < -0.3 is 0 Å². The van der Waals surface area contributed by atoms with E-state index in [1.807, 2.05) is 12.1 Å². The van der Waals surface area contributed by atoms with Crippen molar-refractivity contribution in [2.24, 2.45) is 0 Å². The number of para-hydroxylation sites is 1. The second-order valence-electron chi connectivity index (χ2n) is 5.12. The molecular weight excluding hydrogens is 318 g/mol. The molecule has 0 heterocycles. The van der Waals surface area contributed by atoms with Crippen LogP contribution in [0.15, 0.2) is 48.5 Å². The third-order valence-corrected chi connectivity index (χ3v) is 4.90. The molecule has 1 aliphatic carbocycles. The highest BCUT2D eigenvalue weighted by molar-refractivity contribution is 9.09. The third kappa shape index (κ3) is 2.36. The van der Waals surface area contributed by atoms with Crippen LogP contribution in [-0.4, -0.2) is 9.75 Å². The fourth-order valence-corrected chi connectivity index (χ4v) is 3.65. The topological polar surface area (TPSA) is 43.1 Å². The molecule has 102 valence electrons. The molecule has 0 spiro atoms. The first-order valence-corrected chi connectivity index (χ1v) is 7.52. The Bertz CT molecular complexity index is 656. The number of nitro benzene ring substituents is 1. The number of nitro groups is 1. The van der Waals surface area contributed by atoms with E-state index in [2.05, 4.69) is 40.2 Å². The molecule has 0 saturated heterocycles. The number of rotatable bonds is 4. The number of fused-ring (bicyclic) bond motifs is 1. The molecule has 2 atom stereocenters. The monoisotopic (exact) mass is 331 g/mol. The summed E-state index contributed by atoms with van der Waals surface area (Å²) in [5, 5.41) is 11.0. The van der Waals surface area contributed by atoms with E-state index in [4.69, 9.17) is 0 Å². The SMILES string of the molecule is O=[N+]([O-])c1ccccc1CC(Br)C1Cc2ccccc21. The number of halogens is 1. The van der Waals surface area contributed by atoms with E-state index in [-0.39, 0.29) is 15.4 Å². The fourth-order valence-electron chi connectivity index (χ4n) is 2.83. The maximum absolute atomic E-state index is 11.0. The van der Waals surface area contributed by atoms with E-state index in [0.29, 0.717) is 12.3 Å². The molecule has 1 aliphatic rings. The summed E-state index contributed by atoms with van der Waals surface area (Å²) in [4.78, 5) is 11.0. The van der Waals surface area contributed by atoms with Crippen molar-refractivity contribution < 1.29 is 4.92 Å². The van der Waals surface area contributed by atoms with Gasteiger partial charge in [0.15, 0.2) is 0 Å². The van der Waals surface area contributed by atoms with Crippen LogP contribution in [0.1, 0.15) is 22.6 Å². The molecule has 0 fully saturated rings. The van der Waals surface area contributed by atoms with Crippen LogP contribution in [0.2, 0.25) is 0 Å². The van der Waals surface area contributed by atoms with E-state index in [1.54, 1.807) is 12.1 Å². The lowest BCUT2D eigenvalue weighted by atomic mass is 9.75. The zero-order chi connectivity index (χ0) is 14.1. The van der Waals surface area contributed by atoms with Gasteiger partial charge in [0.05, 0.1) is 4.92 Å². The highest BCUT2D eigenvalue weighted by Gasteiger charge is 2.32. The molecule has 0 aliphatic heterocycles. The van der Waals surface area contributed by atoms with Crippen molar-refractivity contribution >= 4 is 21.6 Å². The fraction of sp³-hybridized carbons (Fsp3) is 0.250. The lowest BCUT2D eigenvalue weighted by Crippen LogP contribution is -2.26. The van der Waals surface area contributed by atoms with Gasteiger partial charge in [-0.15, -0.1) is 0 Å². The van der Waals surface area contributed by atoms with E-state index in [0.717, 1.165) is 12.0 Å². The summed E-state index contributed by atoms with van der Waals surface area (Å²) in [5.74, 6) is 0.450. The molecule has 0 saturated carbocycles. The van der Waals surface area contributed by atoms with Gasteiger partial charge in [0.2, 0.25) is 0 Å². The minimum absolute atomic E-state index is 0.213. The highest BCUT2D eigenvalue weighted by atomic mass is 79.9. The van der Waals surface area contributed by atoms with Crippen molar-refractivity contribution in [2.45, 2.75) is 23.6 Å². The summed E-state index contributed by atoms with van der Waals surface area (Å²) >= 11 is 3.72. The lowest BCUT2D eigenvalue weighted by Gasteiger charge is -2.33. The molecule has 3 nitrogen and oxygen atoms in total. The quantitative estimate of drug-likeness (QED) is 0.477. The zero-order valence-corrected chi connectivity index (χ0v) is 12.4. The summed E-state index contributed by atoms with van der Waals surface area (Å²) in [6, 6.07) is 15.4. The van der Waals surface area contributed by atoms with Crippen LogP contribution >= 0.6 is 15.9 Å². The molecule has 2 aromatic carbocycles. The van der Waals surface area contributed by atoms with E-state index < -0.39 is 0 Å². The number of nitrogens with zero attached hydrogens (tertiary/aromatic N) is 1. The summed E-state index contributed by atoms with van der Waals surface area (Å²) in [6.45, 7) is 0. The first kappa shape index (κ1) is 13.3. The van der Waals surface area contributed by atoms with Crippen molar-refractivity contribution in [3.8, 4) is 0 Å². The van der Waals surface area contributed by atoms with Gasteiger partial charge in [-0.05, 0) is 24.0 Å². The number of hydrogen-bond donors (Lipinski definition) is 0. The van der Waals surface area contributed by atoms with Crippen LogP contribution in [0, 0.1) is 10.1 Å². The van der Waals surface area contributed by atoms with Gasteiger partial charge in [-0.3, -0.25) is 10.1 Å². The maximum Gasteiger partial charge on any atom is 0.272 e. The summed E-state index contributed by atoms with van der Waals surface area (Å²) in [7, 11) is 0. The molecular formula is C16H14BrNO2. The Kier molecular flexibility index (Phi) is 3.57. The standard InChI is InChI=1S/C16H14BrNO2/c17-15(14-9-11-5-1-3-7-13(11)14)10-12-6-2-4-8-16(12)18(19)20/h1-8,14-15H,9-10H2. The first-order valence-electron chi connectivity index (χ1n) is 6.61. The Labute approximate surface area is 125 Å². The molecule has 0 amide bonds. The minimum atomic E-state index is -0.302. The van der Waals surface area contributed by atoms with Crippen molar-refractivity contribution in [1.82, 2.24) is 0 Å². The molecule has 4 heteroatoms. The van der Waals surface area contributed by atoms with Crippen molar-refractivity contribution in [3.05, 3.63) is 75.3 Å². The van der Waals surface area contributed by atoms with Crippen LogP contribution in [0.3, 0.4) is 0 Å². The number of benzene rings is 2. The molecule has 2 aromatic rings. The molecule has 3 rings (SSSR count). The summed E-state index contributed by atoms with van der Waals surface area (Å²) in [5.41, 5.74) is 3.77. The largest absolute Gasteiger partial charge is 0.272 e. The van der Waals surface area contributed by atoms with Gasteiger partial charge in [-0.2, -0.15) is 0 Å². The average molecular weight is 332 g/mol. The Morgan fingerprint density at radius 3 is 2.65 bits per heavy atom. The van der Waals surface area contributed by atoms with Crippen LogP contribution < -0.4 is 0 Å². The molecule has 0 aromatic heterocycles. The van der Waals surface area contributed by atoms with E-state index >= 15 is 0 Å². The Morgan fingerprint density at radius 1 is 1.20 bits per heavy atom.